The van der Waals surface area contributed by atoms with Crippen LogP contribution in [0.3, 0.4) is 0 Å². The van der Waals surface area contributed by atoms with Gasteiger partial charge in [0.2, 0.25) is 0 Å². The van der Waals surface area contributed by atoms with E-state index in [1.54, 1.807) is 10.9 Å². The first kappa shape index (κ1) is 19.8. The van der Waals surface area contributed by atoms with Gasteiger partial charge in [0.25, 0.3) is 5.91 Å². The van der Waals surface area contributed by atoms with Gasteiger partial charge in [0.05, 0.1) is 22.9 Å². The molecule has 0 unspecified atom stereocenters. The zero-order valence-electron chi connectivity index (χ0n) is 15.4. The second-order valence-electron chi connectivity index (χ2n) is 6.10. The van der Waals surface area contributed by atoms with Crippen LogP contribution in [0, 0.1) is 0 Å². The van der Waals surface area contributed by atoms with Gasteiger partial charge in [-0.1, -0.05) is 18.2 Å². The van der Waals surface area contributed by atoms with E-state index < -0.39 is 9.84 Å². The highest BCUT2D eigenvalue weighted by molar-refractivity contribution is 7.91. The summed E-state index contributed by atoms with van der Waals surface area (Å²) >= 11 is 0. The largest absolute Gasteiger partial charge is 0.384 e. The quantitative estimate of drug-likeness (QED) is 0.627. The molecule has 1 N–H and O–H groups in total. The van der Waals surface area contributed by atoms with Gasteiger partial charge >= 0.3 is 0 Å². The Balaban J connectivity index is 1.68. The second kappa shape index (κ2) is 8.81. The Hall–Kier alpha value is -2.97. The Morgan fingerprint density at radius 1 is 1.11 bits per heavy atom. The molecule has 7 nitrogen and oxygen atoms in total. The fourth-order valence-corrected chi connectivity index (χ4v) is 3.87. The van der Waals surface area contributed by atoms with Crippen LogP contribution in [0.15, 0.2) is 71.9 Å². The first-order valence-electron chi connectivity index (χ1n) is 8.69. The minimum absolute atomic E-state index is 0.0980. The average Bonchev–Trinajstić information content (AvgIpc) is 3.25. The van der Waals surface area contributed by atoms with Gasteiger partial charge < -0.3 is 10.1 Å². The lowest BCUT2D eigenvalue weighted by atomic mass is 10.1. The van der Waals surface area contributed by atoms with E-state index in [4.69, 9.17) is 4.74 Å². The van der Waals surface area contributed by atoms with Gasteiger partial charge in [-0.3, -0.25) is 4.79 Å². The van der Waals surface area contributed by atoms with Crippen LogP contribution >= 0.6 is 0 Å². The molecule has 28 heavy (non-hydrogen) atoms. The van der Waals surface area contributed by atoms with E-state index in [2.05, 4.69) is 10.4 Å². The van der Waals surface area contributed by atoms with Crippen molar-refractivity contribution in [3.05, 3.63) is 78.1 Å². The lowest BCUT2D eigenvalue weighted by Gasteiger charge is -2.11. The molecule has 146 valence electrons. The van der Waals surface area contributed by atoms with Crippen LogP contribution in [-0.2, 0) is 21.1 Å². The summed E-state index contributed by atoms with van der Waals surface area (Å²) in [5, 5.41) is 7.09. The van der Waals surface area contributed by atoms with Crippen molar-refractivity contribution in [3.63, 3.8) is 0 Å². The van der Waals surface area contributed by atoms with Gasteiger partial charge in [-0.15, -0.1) is 0 Å². The third kappa shape index (κ3) is 4.65. The maximum Gasteiger partial charge on any atom is 0.251 e. The maximum absolute atomic E-state index is 12.4. The number of amides is 1. The van der Waals surface area contributed by atoms with Gasteiger partial charge in [-0.05, 0) is 42.0 Å². The van der Waals surface area contributed by atoms with E-state index in [0.29, 0.717) is 12.1 Å². The molecule has 3 rings (SSSR count). The SMILES string of the molecule is COCCS(=O)(=O)c1ccc(C(=O)NCc2ccccc2-n2cccn2)cc1. The van der Waals surface area contributed by atoms with Crippen LogP contribution in [-0.4, -0.2) is 43.6 Å². The Kier molecular flexibility index (Phi) is 6.23. The first-order chi connectivity index (χ1) is 13.5. The summed E-state index contributed by atoms with van der Waals surface area (Å²) in [5.74, 6) is -0.379. The zero-order valence-corrected chi connectivity index (χ0v) is 16.2. The molecule has 0 atom stereocenters. The molecule has 0 saturated carbocycles. The van der Waals surface area contributed by atoms with E-state index in [1.807, 2.05) is 36.5 Å². The Morgan fingerprint density at radius 3 is 2.54 bits per heavy atom. The van der Waals surface area contributed by atoms with Crippen molar-refractivity contribution in [2.24, 2.45) is 0 Å². The van der Waals surface area contributed by atoms with E-state index in [-0.39, 0.29) is 23.2 Å². The van der Waals surface area contributed by atoms with Crippen molar-refractivity contribution in [1.82, 2.24) is 15.1 Å². The Labute approximate surface area is 163 Å². The number of sulfone groups is 1. The molecular formula is C20H21N3O4S. The summed E-state index contributed by atoms with van der Waals surface area (Å²) in [6.07, 6.45) is 3.53. The highest BCUT2D eigenvalue weighted by Crippen LogP contribution is 2.15. The van der Waals surface area contributed by atoms with Crippen LogP contribution in [0.2, 0.25) is 0 Å². The number of hydrogen-bond donors (Lipinski definition) is 1. The third-order valence-electron chi connectivity index (χ3n) is 4.21. The minimum atomic E-state index is -3.42. The van der Waals surface area contributed by atoms with Crippen LogP contribution < -0.4 is 5.32 Å². The van der Waals surface area contributed by atoms with Crippen molar-refractivity contribution in [1.29, 1.82) is 0 Å². The van der Waals surface area contributed by atoms with Gasteiger partial charge in [0.15, 0.2) is 9.84 Å². The number of ether oxygens (including phenoxy) is 1. The number of hydrogen-bond acceptors (Lipinski definition) is 5. The first-order valence-corrected chi connectivity index (χ1v) is 10.3. The molecule has 0 aliphatic rings. The molecule has 0 bridgehead atoms. The number of carbonyl (C=O) groups excluding carboxylic acids is 1. The smallest absolute Gasteiger partial charge is 0.251 e. The van der Waals surface area contributed by atoms with Crippen molar-refractivity contribution in [2.75, 3.05) is 19.5 Å². The molecule has 0 spiro atoms. The molecule has 0 aliphatic heterocycles. The maximum atomic E-state index is 12.4. The van der Waals surface area contributed by atoms with Crippen LogP contribution in [0.1, 0.15) is 15.9 Å². The summed E-state index contributed by atoms with van der Waals surface area (Å²) in [4.78, 5) is 12.6. The molecular weight excluding hydrogens is 378 g/mol. The average molecular weight is 399 g/mol. The third-order valence-corrected chi connectivity index (χ3v) is 5.91. The molecule has 0 aliphatic carbocycles. The highest BCUT2D eigenvalue weighted by Gasteiger charge is 2.15. The van der Waals surface area contributed by atoms with Gasteiger partial charge in [-0.2, -0.15) is 5.10 Å². The fourth-order valence-electron chi connectivity index (χ4n) is 2.70. The molecule has 0 saturated heterocycles. The number of nitrogens with one attached hydrogen (secondary N) is 1. The number of para-hydroxylation sites is 1. The predicted molar refractivity (Wildman–Crippen MR) is 105 cm³/mol. The van der Waals surface area contributed by atoms with Crippen LogP contribution in [0.25, 0.3) is 5.69 Å². The van der Waals surface area contributed by atoms with Crippen LogP contribution in [0.5, 0.6) is 0 Å². The molecule has 0 fully saturated rings. The number of rotatable bonds is 8. The van der Waals surface area contributed by atoms with Gasteiger partial charge in [0.1, 0.15) is 0 Å². The Morgan fingerprint density at radius 2 is 1.86 bits per heavy atom. The summed E-state index contributed by atoms with van der Waals surface area (Å²) in [6.45, 7) is 0.447. The zero-order chi connectivity index (χ0) is 20.0. The molecule has 3 aromatic rings. The summed E-state index contributed by atoms with van der Waals surface area (Å²) in [6, 6.07) is 15.4. The number of aromatic nitrogens is 2. The molecule has 8 heteroatoms. The molecule has 1 heterocycles. The molecule has 0 radical (unpaired) electrons. The van der Waals surface area contributed by atoms with Gasteiger partial charge in [0, 0.05) is 31.6 Å². The number of methoxy groups -OCH3 is 1. The fraction of sp³-hybridized carbons (Fsp3) is 0.200. The van der Waals surface area contributed by atoms with E-state index >= 15 is 0 Å². The predicted octanol–water partition coefficient (Wildman–Crippen LogP) is 2.22. The van der Waals surface area contributed by atoms with Crippen molar-refractivity contribution in [3.8, 4) is 5.69 Å². The lowest BCUT2D eigenvalue weighted by molar-refractivity contribution is 0.0951. The van der Waals surface area contributed by atoms with E-state index in [1.165, 1.54) is 31.4 Å². The minimum Gasteiger partial charge on any atom is -0.384 e. The molecule has 1 amide bonds. The van der Waals surface area contributed by atoms with E-state index in [9.17, 15) is 13.2 Å². The Bertz CT molecular complexity index is 1030. The van der Waals surface area contributed by atoms with E-state index in [0.717, 1.165) is 11.3 Å². The number of benzene rings is 2. The highest BCUT2D eigenvalue weighted by atomic mass is 32.2. The van der Waals surface area contributed by atoms with Crippen LogP contribution in [0.4, 0.5) is 0 Å². The van der Waals surface area contributed by atoms with Crippen molar-refractivity contribution < 1.29 is 17.9 Å². The number of carbonyl (C=O) groups is 1. The lowest BCUT2D eigenvalue weighted by Crippen LogP contribution is -2.23. The standard InChI is InChI=1S/C20H21N3O4S/c1-27-13-14-28(25,26)18-9-7-16(8-10-18)20(24)21-15-17-5-2-3-6-19(17)23-12-4-11-22-23/h2-12H,13-15H2,1H3,(H,21,24). The van der Waals surface area contributed by atoms with Crippen molar-refractivity contribution in [2.45, 2.75) is 11.4 Å². The normalized spacial score (nSPS) is 11.3. The number of nitrogens with zero attached hydrogens (tertiary/aromatic N) is 2. The summed E-state index contributed by atoms with van der Waals surface area (Å²) < 4.78 is 30.8. The second-order valence-corrected chi connectivity index (χ2v) is 8.21. The van der Waals surface area contributed by atoms with Crippen molar-refractivity contribution >= 4 is 15.7 Å². The summed E-state index contributed by atoms with van der Waals surface area (Å²) in [7, 11) is -1.97. The molecule has 2 aromatic carbocycles. The summed E-state index contributed by atoms with van der Waals surface area (Å²) in [5.41, 5.74) is 2.19. The topological polar surface area (TPSA) is 90.3 Å². The molecule has 1 aromatic heterocycles. The van der Waals surface area contributed by atoms with Gasteiger partial charge in [-0.25, -0.2) is 13.1 Å². The monoisotopic (exact) mass is 399 g/mol.